The van der Waals surface area contributed by atoms with Gasteiger partial charge in [0.25, 0.3) is 0 Å². The van der Waals surface area contributed by atoms with E-state index in [9.17, 15) is 13.2 Å². The Balaban J connectivity index is 1.60. The first kappa shape index (κ1) is 18.3. The summed E-state index contributed by atoms with van der Waals surface area (Å²) < 4.78 is 35.8. The van der Waals surface area contributed by atoms with E-state index >= 15 is 0 Å². The van der Waals surface area contributed by atoms with Crippen LogP contribution in [0.25, 0.3) is 0 Å². The normalized spacial score (nSPS) is 14.5. The van der Waals surface area contributed by atoms with Gasteiger partial charge in [0, 0.05) is 12.5 Å². The van der Waals surface area contributed by atoms with Gasteiger partial charge in [0.15, 0.2) is 21.3 Å². The molecule has 2 aromatic carbocycles. The highest BCUT2D eigenvalue weighted by Crippen LogP contribution is 2.32. The molecule has 0 fully saturated rings. The van der Waals surface area contributed by atoms with Crippen LogP contribution in [0.5, 0.6) is 11.5 Å². The van der Waals surface area contributed by atoms with E-state index in [2.05, 4.69) is 5.32 Å². The van der Waals surface area contributed by atoms with Gasteiger partial charge in [0.1, 0.15) is 13.2 Å². The molecule has 1 aliphatic heterocycles. The van der Waals surface area contributed by atoms with Crippen LogP contribution in [0.1, 0.15) is 24.9 Å². The second-order valence-electron chi connectivity index (χ2n) is 6.07. The molecule has 1 heterocycles. The van der Waals surface area contributed by atoms with E-state index in [1.54, 1.807) is 6.07 Å². The summed E-state index contributed by atoms with van der Waals surface area (Å²) in [6.07, 6.45) is -0.103. The van der Waals surface area contributed by atoms with Crippen LogP contribution in [0.2, 0.25) is 0 Å². The first-order valence-electron chi connectivity index (χ1n) is 8.42. The lowest BCUT2D eigenvalue weighted by atomic mass is 10.1. The zero-order valence-electron chi connectivity index (χ0n) is 14.5. The van der Waals surface area contributed by atoms with E-state index in [1.807, 2.05) is 37.3 Å². The predicted molar refractivity (Wildman–Crippen MR) is 97.1 cm³/mol. The minimum atomic E-state index is -3.59. The molecule has 0 radical (unpaired) electrons. The quantitative estimate of drug-likeness (QED) is 0.839. The molecule has 1 aliphatic rings. The molecule has 1 N–H and O–H groups in total. The fourth-order valence-electron chi connectivity index (χ4n) is 2.70. The topological polar surface area (TPSA) is 81.7 Å². The smallest absolute Gasteiger partial charge is 0.221 e. The highest BCUT2D eigenvalue weighted by Gasteiger charge is 2.21. The molecule has 26 heavy (non-hydrogen) atoms. The zero-order chi connectivity index (χ0) is 18.6. The van der Waals surface area contributed by atoms with Crippen LogP contribution >= 0.6 is 0 Å². The number of ether oxygens (including phenoxy) is 2. The Kier molecular flexibility index (Phi) is 5.46. The summed E-state index contributed by atoms with van der Waals surface area (Å²) in [5.41, 5.74) is 0.968. The minimum Gasteiger partial charge on any atom is -0.486 e. The van der Waals surface area contributed by atoms with E-state index in [-0.39, 0.29) is 29.0 Å². The largest absolute Gasteiger partial charge is 0.486 e. The Bertz CT molecular complexity index is 880. The molecule has 1 amide bonds. The number of sulfone groups is 1. The Morgan fingerprint density at radius 2 is 1.77 bits per heavy atom. The average Bonchev–Trinajstić information content (AvgIpc) is 2.67. The first-order chi connectivity index (χ1) is 12.5. The molecule has 1 atom stereocenters. The Labute approximate surface area is 153 Å². The molecule has 0 aliphatic carbocycles. The fourth-order valence-corrected chi connectivity index (χ4v) is 3.95. The maximum absolute atomic E-state index is 12.5. The van der Waals surface area contributed by atoms with Crippen LogP contribution in [0, 0.1) is 0 Å². The van der Waals surface area contributed by atoms with Crippen molar-refractivity contribution in [3.8, 4) is 11.5 Å². The summed E-state index contributed by atoms with van der Waals surface area (Å²) in [5, 5.41) is 2.82. The van der Waals surface area contributed by atoms with Crippen molar-refractivity contribution in [3.05, 3.63) is 54.1 Å². The number of rotatable bonds is 6. The van der Waals surface area contributed by atoms with E-state index in [0.29, 0.717) is 24.7 Å². The first-order valence-corrected chi connectivity index (χ1v) is 10.1. The highest BCUT2D eigenvalue weighted by molar-refractivity contribution is 7.91. The molecule has 138 valence electrons. The summed E-state index contributed by atoms with van der Waals surface area (Å²) in [7, 11) is -3.59. The summed E-state index contributed by atoms with van der Waals surface area (Å²) in [6, 6.07) is 13.8. The van der Waals surface area contributed by atoms with Gasteiger partial charge in [-0.15, -0.1) is 0 Å². The van der Waals surface area contributed by atoms with Gasteiger partial charge in [0.05, 0.1) is 16.7 Å². The summed E-state index contributed by atoms with van der Waals surface area (Å²) >= 11 is 0. The molecular formula is C19H21NO5S. The van der Waals surface area contributed by atoms with Crippen LogP contribution in [0.3, 0.4) is 0 Å². The summed E-state index contributed by atoms with van der Waals surface area (Å²) in [4.78, 5) is 12.2. The molecule has 0 aromatic heterocycles. The van der Waals surface area contributed by atoms with Crippen molar-refractivity contribution in [3.63, 3.8) is 0 Å². The van der Waals surface area contributed by atoms with Gasteiger partial charge in [-0.25, -0.2) is 8.42 Å². The maximum Gasteiger partial charge on any atom is 0.221 e. The standard InChI is InChI=1S/C19H21NO5S/c1-14(15-5-3-2-4-6-15)20-19(21)9-12-26(22,23)16-7-8-17-18(13-16)25-11-10-24-17/h2-8,13-14H,9-12H2,1H3,(H,20,21)/t14-/m1/s1. The number of hydrogen-bond donors (Lipinski definition) is 1. The van der Waals surface area contributed by atoms with Gasteiger partial charge >= 0.3 is 0 Å². The molecular weight excluding hydrogens is 354 g/mol. The van der Waals surface area contributed by atoms with Gasteiger partial charge in [-0.3, -0.25) is 4.79 Å². The van der Waals surface area contributed by atoms with Crippen molar-refractivity contribution in [2.75, 3.05) is 19.0 Å². The molecule has 3 rings (SSSR count). The van der Waals surface area contributed by atoms with Crippen molar-refractivity contribution in [1.82, 2.24) is 5.32 Å². The molecule has 7 heteroatoms. The van der Waals surface area contributed by atoms with Crippen molar-refractivity contribution in [1.29, 1.82) is 0 Å². The van der Waals surface area contributed by atoms with Crippen LogP contribution < -0.4 is 14.8 Å². The summed E-state index contributed by atoms with van der Waals surface area (Å²) in [6.45, 7) is 2.69. The highest BCUT2D eigenvalue weighted by atomic mass is 32.2. The van der Waals surface area contributed by atoms with E-state index in [4.69, 9.17) is 9.47 Å². The van der Waals surface area contributed by atoms with Gasteiger partial charge in [-0.05, 0) is 24.6 Å². The van der Waals surface area contributed by atoms with Crippen LogP contribution in [0.15, 0.2) is 53.4 Å². The summed E-state index contributed by atoms with van der Waals surface area (Å²) in [5.74, 6) is 0.381. The van der Waals surface area contributed by atoms with Gasteiger partial charge in [0.2, 0.25) is 5.91 Å². The average molecular weight is 375 g/mol. The zero-order valence-corrected chi connectivity index (χ0v) is 15.3. The third-order valence-corrected chi connectivity index (χ3v) is 5.86. The number of amides is 1. The van der Waals surface area contributed by atoms with E-state index in [0.717, 1.165) is 5.56 Å². The maximum atomic E-state index is 12.5. The lowest BCUT2D eigenvalue weighted by Crippen LogP contribution is -2.28. The fraction of sp³-hybridized carbons (Fsp3) is 0.316. The molecule has 6 nitrogen and oxygen atoms in total. The minimum absolute atomic E-state index is 0.103. The Morgan fingerprint density at radius 1 is 1.08 bits per heavy atom. The molecule has 0 bridgehead atoms. The number of hydrogen-bond acceptors (Lipinski definition) is 5. The molecule has 0 spiro atoms. The van der Waals surface area contributed by atoms with Gasteiger partial charge < -0.3 is 14.8 Å². The van der Waals surface area contributed by atoms with Crippen molar-refractivity contribution in [2.45, 2.75) is 24.3 Å². The number of carbonyl (C=O) groups excluding carboxylic acids is 1. The molecule has 0 saturated carbocycles. The van der Waals surface area contributed by atoms with Gasteiger partial charge in [-0.1, -0.05) is 30.3 Å². The number of fused-ring (bicyclic) bond motifs is 1. The van der Waals surface area contributed by atoms with Crippen LogP contribution in [0.4, 0.5) is 0 Å². The van der Waals surface area contributed by atoms with Crippen LogP contribution in [-0.4, -0.2) is 33.3 Å². The van der Waals surface area contributed by atoms with Crippen molar-refractivity contribution in [2.24, 2.45) is 0 Å². The molecule has 0 saturated heterocycles. The third-order valence-electron chi connectivity index (χ3n) is 4.15. The SMILES string of the molecule is C[C@@H](NC(=O)CCS(=O)(=O)c1ccc2c(c1)OCCO2)c1ccccc1. The Morgan fingerprint density at radius 3 is 2.50 bits per heavy atom. The predicted octanol–water partition coefficient (Wildman–Crippen LogP) is 2.50. The Hall–Kier alpha value is -2.54. The lowest BCUT2D eigenvalue weighted by Gasteiger charge is -2.19. The van der Waals surface area contributed by atoms with Gasteiger partial charge in [-0.2, -0.15) is 0 Å². The van der Waals surface area contributed by atoms with Crippen LogP contribution in [-0.2, 0) is 14.6 Å². The van der Waals surface area contributed by atoms with E-state index < -0.39 is 9.84 Å². The second kappa shape index (κ2) is 7.78. The monoisotopic (exact) mass is 375 g/mol. The third kappa shape index (κ3) is 4.35. The number of benzene rings is 2. The number of nitrogens with one attached hydrogen (secondary N) is 1. The lowest BCUT2D eigenvalue weighted by molar-refractivity contribution is -0.121. The number of carbonyl (C=O) groups is 1. The molecule has 2 aromatic rings. The van der Waals surface area contributed by atoms with Crippen molar-refractivity contribution >= 4 is 15.7 Å². The molecule has 0 unspecified atom stereocenters. The van der Waals surface area contributed by atoms with Crippen molar-refractivity contribution < 1.29 is 22.7 Å². The van der Waals surface area contributed by atoms with E-state index in [1.165, 1.54) is 12.1 Å². The second-order valence-corrected chi connectivity index (χ2v) is 8.18.